The normalized spacial score (nSPS) is 11.5. The molecule has 0 saturated carbocycles. The number of aryl methyl sites for hydroxylation is 2. The predicted molar refractivity (Wildman–Crippen MR) is 124 cm³/mol. The van der Waals surface area contributed by atoms with Crippen molar-refractivity contribution < 1.29 is 9.59 Å². The summed E-state index contributed by atoms with van der Waals surface area (Å²) in [6.07, 6.45) is 5.57. The Balaban J connectivity index is 1.70. The van der Waals surface area contributed by atoms with E-state index in [4.69, 9.17) is 6.42 Å². The first-order valence-corrected chi connectivity index (χ1v) is 10.6. The van der Waals surface area contributed by atoms with E-state index in [1.165, 1.54) is 11.3 Å². The van der Waals surface area contributed by atoms with E-state index in [0.29, 0.717) is 28.0 Å². The molecule has 4 rings (SSSR count). The Morgan fingerprint density at radius 2 is 1.61 bits per heavy atom. The smallest absolute Gasteiger partial charge is 0.279 e. The number of carbonyl (C=O) groups is 2. The molecule has 0 fully saturated rings. The minimum Gasteiger partial charge on any atom is -0.305 e. The van der Waals surface area contributed by atoms with Crippen LogP contribution in [0.25, 0.3) is 10.2 Å². The van der Waals surface area contributed by atoms with Crippen LogP contribution >= 0.6 is 11.3 Å². The zero-order chi connectivity index (χ0) is 22.0. The molecular formula is C26H20N2O2S. The second-order valence-corrected chi connectivity index (χ2v) is 8.27. The third kappa shape index (κ3) is 4.11. The van der Waals surface area contributed by atoms with Gasteiger partial charge in [0, 0.05) is 16.7 Å². The van der Waals surface area contributed by atoms with E-state index in [1.54, 1.807) is 36.4 Å². The van der Waals surface area contributed by atoms with Crippen LogP contribution in [0.3, 0.4) is 0 Å². The summed E-state index contributed by atoms with van der Waals surface area (Å²) in [4.78, 5) is 30.3. The highest BCUT2D eigenvalue weighted by molar-refractivity contribution is 7.16. The van der Waals surface area contributed by atoms with Crippen LogP contribution in [0.2, 0.25) is 0 Å². The summed E-state index contributed by atoms with van der Waals surface area (Å²) in [5.74, 6) is 2.20. The van der Waals surface area contributed by atoms with Crippen LogP contribution in [0.1, 0.15) is 37.4 Å². The van der Waals surface area contributed by atoms with Gasteiger partial charge in [-0.25, -0.2) is 0 Å². The summed E-state index contributed by atoms with van der Waals surface area (Å²) in [7, 11) is 0. The average Bonchev–Trinajstić information content (AvgIpc) is 3.11. The molecule has 1 aromatic heterocycles. The van der Waals surface area contributed by atoms with Crippen molar-refractivity contribution in [1.82, 2.24) is 4.57 Å². The lowest BCUT2D eigenvalue weighted by Crippen LogP contribution is -2.16. The lowest BCUT2D eigenvalue weighted by Gasteiger charge is -2.03. The number of hydrogen-bond acceptors (Lipinski definition) is 3. The summed E-state index contributed by atoms with van der Waals surface area (Å²) >= 11 is 1.45. The molecule has 0 saturated heterocycles. The van der Waals surface area contributed by atoms with Gasteiger partial charge in [0.25, 0.3) is 5.91 Å². The number of benzene rings is 3. The minimum atomic E-state index is -0.370. The third-order valence-corrected chi connectivity index (χ3v) is 6.22. The molecule has 0 aliphatic rings. The second kappa shape index (κ2) is 8.55. The topological polar surface area (TPSA) is 51.4 Å². The van der Waals surface area contributed by atoms with Crippen LogP contribution in [-0.2, 0) is 6.54 Å². The Morgan fingerprint density at radius 3 is 2.29 bits per heavy atom. The maximum absolute atomic E-state index is 12.8. The number of aromatic nitrogens is 1. The molecule has 0 N–H and O–H groups in total. The molecule has 0 aliphatic heterocycles. The molecule has 0 aliphatic carbocycles. The predicted octanol–water partition coefficient (Wildman–Crippen LogP) is 4.92. The molecule has 4 aromatic rings. The molecule has 0 unspecified atom stereocenters. The van der Waals surface area contributed by atoms with E-state index in [9.17, 15) is 9.59 Å². The van der Waals surface area contributed by atoms with E-state index < -0.39 is 0 Å². The minimum absolute atomic E-state index is 0.0845. The first-order valence-electron chi connectivity index (χ1n) is 9.81. The van der Waals surface area contributed by atoms with Gasteiger partial charge in [0.1, 0.15) is 0 Å². The number of hydrogen-bond donors (Lipinski definition) is 0. The van der Waals surface area contributed by atoms with Crippen molar-refractivity contribution in [1.29, 1.82) is 0 Å². The molecule has 5 heteroatoms. The zero-order valence-electron chi connectivity index (χ0n) is 17.3. The second-order valence-electron chi connectivity index (χ2n) is 7.29. The van der Waals surface area contributed by atoms with E-state index in [2.05, 4.69) is 23.0 Å². The number of terminal acetylenes is 1. The zero-order valence-corrected chi connectivity index (χ0v) is 18.1. The van der Waals surface area contributed by atoms with Crippen molar-refractivity contribution in [2.75, 3.05) is 0 Å². The summed E-state index contributed by atoms with van der Waals surface area (Å²) in [6, 6.07) is 19.8. The average molecular weight is 425 g/mol. The van der Waals surface area contributed by atoms with Crippen molar-refractivity contribution in [3.05, 3.63) is 99.3 Å². The number of nitrogens with zero attached hydrogens (tertiary/aromatic N) is 2. The van der Waals surface area contributed by atoms with Crippen LogP contribution in [-0.4, -0.2) is 16.3 Å². The van der Waals surface area contributed by atoms with E-state index >= 15 is 0 Å². The molecule has 0 atom stereocenters. The van der Waals surface area contributed by atoms with Gasteiger partial charge < -0.3 is 4.57 Å². The Bertz CT molecular complexity index is 1400. The van der Waals surface area contributed by atoms with Gasteiger partial charge in [-0.1, -0.05) is 65.8 Å². The van der Waals surface area contributed by atoms with Gasteiger partial charge in [0.15, 0.2) is 10.6 Å². The fourth-order valence-corrected chi connectivity index (χ4v) is 4.59. The fourth-order valence-electron chi connectivity index (χ4n) is 3.51. The molecule has 1 heterocycles. The summed E-state index contributed by atoms with van der Waals surface area (Å²) in [6.45, 7) is 4.41. The van der Waals surface area contributed by atoms with Crippen LogP contribution < -0.4 is 4.80 Å². The van der Waals surface area contributed by atoms with Gasteiger partial charge in [-0.15, -0.1) is 6.42 Å². The largest absolute Gasteiger partial charge is 0.305 e. The molecule has 1 amide bonds. The van der Waals surface area contributed by atoms with Gasteiger partial charge in [0.05, 0.1) is 16.8 Å². The number of rotatable bonds is 4. The maximum Gasteiger partial charge on any atom is 0.279 e. The monoisotopic (exact) mass is 424 g/mol. The number of fused-ring (bicyclic) bond motifs is 1. The highest BCUT2D eigenvalue weighted by Crippen LogP contribution is 2.23. The summed E-state index contributed by atoms with van der Waals surface area (Å²) < 4.78 is 2.96. The van der Waals surface area contributed by atoms with Crippen LogP contribution in [0, 0.1) is 26.2 Å². The standard InChI is InChI=1S/C26H20N2O2S/c1-4-14-28-22-16-17(2)15-18(3)24(22)31-26(28)27-25(30)21-12-10-20(11-13-21)23(29)19-8-6-5-7-9-19/h1,5-13,15-16H,14H2,2-3H3. The Hall–Kier alpha value is -3.75. The summed E-state index contributed by atoms with van der Waals surface area (Å²) in [5.41, 5.74) is 4.79. The Morgan fingerprint density at radius 1 is 0.968 bits per heavy atom. The van der Waals surface area contributed by atoms with Crippen molar-refractivity contribution in [3.8, 4) is 12.3 Å². The molecule has 0 radical (unpaired) electrons. The Labute approximate surface area is 184 Å². The molecular weight excluding hydrogens is 404 g/mol. The fraction of sp³-hybridized carbons (Fsp3) is 0.115. The van der Waals surface area contributed by atoms with E-state index in [-0.39, 0.29) is 11.7 Å². The lowest BCUT2D eigenvalue weighted by molar-refractivity contribution is 0.0994. The third-order valence-electron chi connectivity index (χ3n) is 4.99. The van der Waals surface area contributed by atoms with E-state index in [1.807, 2.05) is 36.6 Å². The summed E-state index contributed by atoms with van der Waals surface area (Å²) in [5, 5.41) is 0. The van der Waals surface area contributed by atoms with Crippen molar-refractivity contribution >= 4 is 33.2 Å². The molecule has 3 aromatic carbocycles. The van der Waals surface area contributed by atoms with Gasteiger partial charge in [-0.3, -0.25) is 9.59 Å². The van der Waals surface area contributed by atoms with Crippen LogP contribution in [0.4, 0.5) is 0 Å². The first kappa shape index (κ1) is 20.5. The number of ketones is 1. The SMILES string of the molecule is C#CCn1c(=NC(=O)c2ccc(C(=O)c3ccccc3)cc2)sc2c(C)cc(C)cc21. The van der Waals surface area contributed by atoms with Crippen LogP contribution in [0.5, 0.6) is 0 Å². The van der Waals surface area contributed by atoms with E-state index in [0.717, 1.165) is 21.3 Å². The quantitative estimate of drug-likeness (QED) is 0.345. The van der Waals surface area contributed by atoms with Gasteiger partial charge in [0.2, 0.25) is 0 Å². The van der Waals surface area contributed by atoms with Gasteiger partial charge in [-0.2, -0.15) is 4.99 Å². The molecule has 31 heavy (non-hydrogen) atoms. The number of carbonyl (C=O) groups excluding carboxylic acids is 2. The van der Waals surface area contributed by atoms with Crippen LogP contribution in [0.15, 0.2) is 71.7 Å². The molecule has 152 valence electrons. The maximum atomic E-state index is 12.8. The Kier molecular flexibility index (Phi) is 5.66. The lowest BCUT2D eigenvalue weighted by atomic mass is 10.0. The van der Waals surface area contributed by atoms with Gasteiger partial charge in [-0.05, 0) is 43.2 Å². The molecule has 0 spiro atoms. The number of amides is 1. The molecule has 4 nitrogen and oxygen atoms in total. The van der Waals surface area contributed by atoms with Gasteiger partial charge >= 0.3 is 0 Å². The highest BCUT2D eigenvalue weighted by atomic mass is 32.1. The van der Waals surface area contributed by atoms with Crippen molar-refractivity contribution in [3.63, 3.8) is 0 Å². The van der Waals surface area contributed by atoms with Crippen molar-refractivity contribution in [2.24, 2.45) is 4.99 Å². The number of thiazole rings is 1. The van der Waals surface area contributed by atoms with Crippen molar-refractivity contribution in [2.45, 2.75) is 20.4 Å². The molecule has 0 bridgehead atoms. The highest BCUT2D eigenvalue weighted by Gasteiger charge is 2.13. The first-order chi connectivity index (χ1) is 15.0.